The van der Waals surface area contributed by atoms with Crippen LogP contribution >= 0.6 is 0 Å². The van der Waals surface area contributed by atoms with Crippen LogP contribution in [-0.4, -0.2) is 23.1 Å². The Morgan fingerprint density at radius 2 is 1.87 bits per heavy atom. The Kier molecular flexibility index (Phi) is 3.78. The second-order valence-electron chi connectivity index (χ2n) is 5.26. The van der Waals surface area contributed by atoms with Gasteiger partial charge in [-0.1, -0.05) is 18.2 Å². The fourth-order valence-electron chi connectivity index (χ4n) is 2.84. The van der Waals surface area contributed by atoms with Crippen molar-refractivity contribution >= 4 is 33.7 Å². The fourth-order valence-corrected chi connectivity index (χ4v) is 2.84. The zero-order valence-corrected chi connectivity index (χ0v) is 13.3. The fraction of sp³-hybridized carbons (Fsp3) is 0.222. The highest BCUT2D eigenvalue weighted by atomic mass is 16.5. The summed E-state index contributed by atoms with van der Waals surface area (Å²) in [7, 11) is 1.90. The number of ether oxygens (including phenoxy) is 2. The van der Waals surface area contributed by atoms with E-state index >= 15 is 0 Å². The third-order valence-electron chi connectivity index (χ3n) is 3.73. The van der Waals surface area contributed by atoms with Gasteiger partial charge in [0.15, 0.2) is 5.75 Å². The molecule has 0 saturated carbocycles. The van der Waals surface area contributed by atoms with Crippen molar-refractivity contribution in [2.24, 2.45) is 7.05 Å². The van der Waals surface area contributed by atoms with Crippen LogP contribution in [0.2, 0.25) is 0 Å². The number of nitrogens with zero attached hydrogens (tertiary/aromatic N) is 1. The van der Waals surface area contributed by atoms with Gasteiger partial charge in [-0.2, -0.15) is 0 Å². The van der Waals surface area contributed by atoms with Gasteiger partial charge in [0, 0.05) is 30.3 Å². The molecule has 3 rings (SSSR count). The lowest BCUT2D eigenvalue weighted by Crippen LogP contribution is -2.07. The number of esters is 2. The SMILES string of the molecule is CCOC(=O)c1cc(OC(C)=O)c2c(c1)c1ccccc1n2C. The molecule has 0 aliphatic carbocycles. The van der Waals surface area contributed by atoms with Crippen LogP contribution in [0.3, 0.4) is 0 Å². The minimum absolute atomic E-state index is 0.287. The molecule has 1 aromatic heterocycles. The van der Waals surface area contributed by atoms with Crippen molar-refractivity contribution in [2.45, 2.75) is 13.8 Å². The van der Waals surface area contributed by atoms with E-state index in [4.69, 9.17) is 9.47 Å². The monoisotopic (exact) mass is 311 g/mol. The van der Waals surface area contributed by atoms with Crippen LogP contribution in [0.15, 0.2) is 36.4 Å². The predicted molar refractivity (Wildman–Crippen MR) is 87.7 cm³/mol. The van der Waals surface area contributed by atoms with Gasteiger partial charge in [0.05, 0.1) is 17.7 Å². The average Bonchev–Trinajstić information content (AvgIpc) is 2.81. The molecular formula is C18H17NO4. The molecule has 0 aliphatic heterocycles. The average molecular weight is 311 g/mol. The minimum atomic E-state index is -0.435. The maximum Gasteiger partial charge on any atom is 0.338 e. The third kappa shape index (κ3) is 2.54. The van der Waals surface area contributed by atoms with Gasteiger partial charge in [-0.15, -0.1) is 0 Å². The maximum atomic E-state index is 12.1. The van der Waals surface area contributed by atoms with Gasteiger partial charge < -0.3 is 14.0 Å². The first-order chi connectivity index (χ1) is 11.0. The molecule has 2 aromatic carbocycles. The summed E-state index contributed by atoms with van der Waals surface area (Å²) >= 11 is 0. The molecule has 0 N–H and O–H groups in total. The number of carbonyl (C=O) groups is 2. The molecule has 0 amide bonds. The Labute approximate surface area is 133 Å². The number of fused-ring (bicyclic) bond motifs is 3. The van der Waals surface area contributed by atoms with Crippen LogP contribution in [0.1, 0.15) is 24.2 Å². The molecular weight excluding hydrogens is 294 g/mol. The van der Waals surface area contributed by atoms with Gasteiger partial charge in [0.25, 0.3) is 0 Å². The van der Waals surface area contributed by atoms with Crippen molar-refractivity contribution in [1.82, 2.24) is 4.57 Å². The number of aromatic nitrogens is 1. The highest BCUT2D eigenvalue weighted by Crippen LogP contribution is 2.35. The predicted octanol–water partition coefficient (Wildman–Crippen LogP) is 3.43. The van der Waals surface area contributed by atoms with E-state index in [0.717, 1.165) is 21.8 Å². The molecule has 0 bridgehead atoms. The summed E-state index contributed by atoms with van der Waals surface area (Å²) < 4.78 is 12.4. The lowest BCUT2D eigenvalue weighted by molar-refractivity contribution is -0.131. The number of hydrogen-bond donors (Lipinski definition) is 0. The van der Waals surface area contributed by atoms with E-state index < -0.39 is 11.9 Å². The zero-order valence-electron chi connectivity index (χ0n) is 13.3. The van der Waals surface area contributed by atoms with Gasteiger partial charge in [-0.25, -0.2) is 4.79 Å². The van der Waals surface area contributed by atoms with E-state index in [-0.39, 0.29) is 6.61 Å². The number of aryl methyl sites for hydroxylation is 1. The quantitative estimate of drug-likeness (QED) is 0.549. The number of carbonyl (C=O) groups excluding carboxylic acids is 2. The van der Waals surface area contributed by atoms with Crippen molar-refractivity contribution in [2.75, 3.05) is 6.61 Å². The smallest absolute Gasteiger partial charge is 0.338 e. The first-order valence-electron chi connectivity index (χ1n) is 7.39. The molecule has 23 heavy (non-hydrogen) atoms. The lowest BCUT2D eigenvalue weighted by atomic mass is 10.1. The molecule has 0 aliphatic rings. The molecule has 5 nitrogen and oxygen atoms in total. The minimum Gasteiger partial charge on any atom is -0.462 e. The summed E-state index contributed by atoms with van der Waals surface area (Å²) in [5.74, 6) is -0.509. The summed E-state index contributed by atoms with van der Waals surface area (Å²) in [6.07, 6.45) is 0. The van der Waals surface area contributed by atoms with E-state index in [2.05, 4.69) is 0 Å². The largest absolute Gasteiger partial charge is 0.462 e. The van der Waals surface area contributed by atoms with Gasteiger partial charge in [0.2, 0.25) is 0 Å². The Morgan fingerprint density at radius 1 is 1.13 bits per heavy atom. The van der Waals surface area contributed by atoms with Gasteiger partial charge in [0.1, 0.15) is 0 Å². The first-order valence-corrected chi connectivity index (χ1v) is 7.39. The number of hydrogen-bond acceptors (Lipinski definition) is 4. The molecule has 0 atom stereocenters. The third-order valence-corrected chi connectivity index (χ3v) is 3.73. The standard InChI is InChI=1S/C18H17NO4/c1-4-22-18(21)12-9-14-13-7-5-6-8-15(13)19(3)17(14)16(10-12)23-11(2)20/h5-10H,4H2,1-3H3. The van der Waals surface area contributed by atoms with Crippen molar-refractivity contribution < 1.29 is 19.1 Å². The van der Waals surface area contributed by atoms with Gasteiger partial charge in [-0.05, 0) is 25.1 Å². The van der Waals surface area contributed by atoms with Crippen LogP contribution in [0, 0.1) is 0 Å². The molecule has 3 aromatic rings. The van der Waals surface area contributed by atoms with Crippen LogP contribution < -0.4 is 4.74 Å². The Balaban J connectivity index is 2.36. The highest BCUT2D eigenvalue weighted by molar-refractivity contribution is 6.12. The van der Waals surface area contributed by atoms with Crippen molar-refractivity contribution in [3.8, 4) is 5.75 Å². The van der Waals surface area contributed by atoms with E-state index in [1.807, 2.05) is 35.9 Å². The van der Waals surface area contributed by atoms with Crippen LogP contribution in [0.25, 0.3) is 21.8 Å². The first kappa shape index (κ1) is 15.1. The highest BCUT2D eigenvalue weighted by Gasteiger charge is 2.18. The molecule has 1 heterocycles. The maximum absolute atomic E-state index is 12.1. The van der Waals surface area contributed by atoms with Crippen LogP contribution in [0.4, 0.5) is 0 Å². The second-order valence-corrected chi connectivity index (χ2v) is 5.26. The molecule has 0 radical (unpaired) electrons. The van der Waals surface area contributed by atoms with Crippen molar-refractivity contribution in [1.29, 1.82) is 0 Å². The zero-order chi connectivity index (χ0) is 16.6. The second kappa shape index (κ2) is 5.76. The van der Waals surface area contributed by atoms with Gasteiger partial charge >= 0.3 is 11.9 Å². The van der Waals surface area contributed by atoms with E-state index in [1.54, 1.807) is 19.1 Å². The summed E-state index contributed by atoms with van der Waals surface area (Å²) in [6.45, 7) is 3.38. The molecule has 118 valence electrons. The normalized spacial score (nSPS) is 10.9. The number of para-hydroxylation sites is 1. The lowest BCUT2D eigenvalue weighted by Gasteiger charge is -2.09. The summed E-state index contributed by atoms with van der Waals surface area (Å²) in [4.78, 5) is 23.5. The van der Waals surface area contributed by atoms with Crippen LogP contribution in [-0.2, 0) is 16.6 Å². The Bertz CT molecular complexity index is 924. The summed E-state index contributed by atoms with van der Waals surface area (Å²) in [5.41, 5.74) is 2.14. The summed E-state index contributed by atoms with van der Waals surface area (Å²) in [5, 5.41) is 1.84. The van der Waals surface area contributed by atoms with E-state index in [0.29, 0.717) is 11.3 Å². The molecule has 0 unspecified atom stereocenters. The Hall–Kier alpha value is -2.82. The van der Waals surface area contributed by atoms with Gasteiger partial charge in [-0.3, -0.25) is 4.79 Å². The van der Waals surface area contributed by atoms with Crippen molar-refractivity contribution in [3.05, 3.63) is 42.0 Å². The van der Waals surface area contributed by atoms with Crippen LogP contribution in [0.5, 0.6) is 5.75 Å². The van der Waals surface area contributed by atoms with E-state index in [9.17, 15) is 9.59 Å². The summed E-state index contributed by atoms with van der Waals surface area (Å²) in [6, 6.07) is 11.2. The molecule has 0 saturated heterocycles. The topological polar surface area (TPSA) is 57.5 Å². The Morgan fingerprint density at radius 3 is 2.57 bits per heavy atom. The molecule has 0 spiro atoms. The number of benzene rings is 2. The molecule has 5 heteroatoms. The van der Waals surface area contributed by atoms with E-state index in [1.165, 1.54) is 6.92 Å². The van der Waals surface area contributed by atoms with Crippen molar-refractivity contribution in [3.63, 3.8) is 0 Å². The number of rotatable bonds is 3. The molecule has 0 fully saturated rings.